The van der Waals surface area contributed by atoms with Crippen molar-refractivity contribution in [3.8, 4) is 0 Å². The predicted molar refractivity (Wildman–Crippen MR) is 104 cm³/mol. The molecule has 1 atom stereocenters. The lowest BCUT2D eigenvalue weighted by atomic mass is 9.83. The van der Waals surface area contributed by atoms with Gasteiger partial charge in [0, 0.05) is 13.1 Å². The summed E-state index contributed by atoms with van der Waals surface area (Å²) in [6.07, 6.45) is 3.96. The van der Waals surface area contributed by atoms with Crippen LogP contribution in [-0.2, 0) is 25.5 Å². The molecular formula is C22H30N2O4. The fraction of sp³-hybridized carbons (Fsp3) is 0.636. The molecule has 1 saturated carbocycles. The van der Waals surface area contributed by atoms with Gasteiger partial charge in [-0.3, -0.25) is 14.5 Å². The maximum Gasteiger partial charge on any atom is 0.248 e. The van der Waals surface area contributed by atoms with E-state index < -0.39 is 11.8 Å². The van der Waals surface area contributed by atoms with Crippen LogP contribution in [-0.4, -0.2) is 66.3 Å². The first kappa shape index (κ1) is 19.4. The molecule has 1 aromatic rings. The molecule has 1 spiro atoms. The van der Waals surface area contributed by atoms with Crippen molar-refractivity contribution in [2.45, 2.75) is 50.8 Å². The lowest BCUT2D eigenvalue weighted by Crippen LogP contribution is -2.58. The van der Waals surface area contributed by atoms with Crippen LogP contribution in [0.3, 0.4) is 0 Å². The van der Waals surface area contributed by atoms with Crippen molar-refractivity contribution < 1.29 is 19.1 Å². The van der Waals surface area contributed by atoms with Crippen LogP contribution < -0.4 is 0 Å². The Kier molecular flexibility index (Phi) is 5.69. The van der Waals surface area contributed by atoms with E-state index in [0.717, 1.165) is 31.2 Å². The normalized spacial score (nSPS) is 30.6. The highest BCUT2D eigenvalue weighted by Crippen LogP contribution is 2.43. The van der Waals surface area contributed by atoms with Crippen LogP contribution in [0.15, 0.2) is 30.3 Å². The molecule has 2 amide bonds. The van der Waals surface area contributed by atoms with Gasteiger partial charge in [0.2, 0.25) is 11.8 Å². The van der Waals surface area contributed by atoms with Gasteiger partial charge in [-0.15, -0.1) is 0 Å². The summed E-state index contributed by atoms with van der Waals surface area (Å²) < 4.78 is 11.6. The van der Waals surface area contributed by atoms with E-state index in [1.54, 1.807) is 0 Å². The van der Waals surface area contributed by atoms with Crippen LogP contribution in [0.25, 0.3) is 0 Å². The minimum atomic E-state index is -0.620. The molecular weight excluding hydrogens is 356 g/mol. The zero-order valence-electron chi connectivity index (χ0n) is 16.6. The molecule has 152 valence electrons. The van der Waals surface area contributed by atoms with E-state index in [9.17, 15) is 9.59 Å². The highest BCUT2D eigenvalue weighted by molar-refractivity contribution is 5.89. The molecule has 2 aliphatic heterocycles. The van der Waals surface area contributed by atoms with E-state index in [1.807, 2.05) is 40.1 Å². The van der Waals surface area contributed by atoms with E-state index in [4.69, 9.17) is 9.47 Å². The van der Waals surface area contributed by atoms with Gasteiger partial charge in [-0.05, 0) is 37.2 Å². The summed E-state index contributed by atoms with van der Waals surface area (Å²) in [7, 11) is 0. The summed E-state index contributed by atoms with van der Waals surface area (Å²) in [6, 6.07) is 9.23. The van der Waals surface area contributed by atoms with Crippen LogP contribution in [0.1, 0.15) is 38.2 Å². The minimum Gasteiger partial charge on any atom is -0.378 e. The van der Waals surface area contributed by atoms with Crippen molar-refractivity contribution in [1.29, 1.82) is 0 Å². The SMILES string of the molecule is CC1CCC2(CC1)OCC(C(=O)N1CCOCC1)N2C(=O)Cc1ccccc1. The molecule has 4 rings (SSSR count). The van der Waals surface area contributed by atoms with Crippen molar-refractivity contribution in [3.63, 3.8) is 0 Å². The largest absolute Gasteiger partial charge is 0.378 e. The lowest BCUT2D eigenvalue weighted by Gasteiger charge is -2.43. The summed E-state index contributed by atoms with van der Waals surface area (Å²) in [5, 5.41) is 0. The molecule has 0 radical (unpaired) electrons. The number of amides is 2. The third-order valence-corrected chi connectivity index (χ3v) is 6.39. The van der Waals surface area contributed by atoms with Crippen LogP contribution in [0.5, 0.6) is 0 Å². The highest BCUT2D eigenvalue weighted by atomic mass is 16.5. The van der Waals surface area contributed by atoms with Gasteiger partial charge in [0.1, 0.15) is 11.8 Å². The number of nitrogens with zero attached hydrogens (tertiary/aromatic N) is 2. The van der Waals surface area contributed by atoms with Gasteiger partial charge in [0.05, 0.1) is 26.2 Å². The number of ether oxygens (including phenoxy) is 2. The van der Waals surface area contributed by atoms with Gasteiger partial charge < -0.3 is 14.4 Å². The molecule has 2 saturated heterocycles. The summed E-state index contributed by atoms with van der Waals surface area (Å²) in [6.45, 7) is 4.82. The topological polar surface area (TPSA) is 59.1 Å². The average Bonchev–Trinajstić information content (AvgIpc) is 3.10. The van der Waals surface area contributed by atoms with E-state index in [0.29, 0.717) is 45.2 Å². The molecule has 1 unspecified atom stereocenters. The average molecular weight is 386 g/mol. The molecule has 3 fully saturated rings. The van der Waals surface area contributed by atoms with Crippen molar-refractivity contribution >= 4 is 11.8 Å². The van der Waals surface area contributed by atoms with Crippen LogP contribution >= 0.6 is 0 Å². The summed E-state index contributed by atoms with van der Waals surface area (Å²) >= 11 is 0. The molecule has 0 bridgehead atoms. The van der Waals surface area contributed by atoms with Gasteiger partial charge in [0.25, 0.3) is 0 Å². The Labute approximate surface area is 166 Å². The quantitative estimate of drug-likeness (QED) is 0.799. The van der Waals surface area contributed by atoms with Crippen LogP contribution in [0.4, 0.5) is 0 Å². The van der Waals surface area contributed by atoms with Crippen molar-refractivity contribution in [1.82, 2.24) is 9.80 Å². The number of hydrogen-bond donors (Lipinski definition) is 0. The second-order valence-electron chi connectivity index (χ2n) is 8.32. The Morgan fingerprint density at radius 1 is 1.11 bits per heavy atom. The predicted octanol–water partition coefficient (Wildman–Crippen LogP) is 2.22. The number of benzene rings is 1. The number of hydrogen-bond acceptors (Lipinski definition) is 4. The first-order valence-corrected chi connectivity index (χ1v) is 10.5. The molecule has 2 heterocycles. The Morgan fingerprint density at radius 3 is 2.46 bits per heavy atom. The van der Waals surface area contributed by atoms with Gasteiger partial charge >= 0.3 is 0 Å². The van der Waals surface area contributed by atoms with E-state index in [2.05, 4.69) is 6.92 Å². The smallest absolute Gasteiger partial charge is 0.248 e. The minimum absolute atomic E-state index is 0.000193. The Balaban J connectivity index is 1.58. The Morgan fingerprint density at radius 2 is 1.79 bits per heavy atom. The van der Waals surface area contributed by atoms with E-state index in [1.165, 1.54) is 0 Å². The molecule has 6 nitrogen and oxygen atoms in total. The molecule has 0 N–H and O–H groups in total. The number of carbonyl (C=O) groups excluding carboxylic acids is 2. The molecule has 3 aliphatic rings. The number of carbonyl (C=O) groups is 2. The van der Waals surface area contributed by atoms with Crippen molar-refractivity contribution in [3.05, 3.63) is 35.9 Å². The first-order chi connectivity index (χ1) is 13.6. The third-order valence-electron chi connectivity index (χ3n) is 6.39. The second-order valence-corrected chi connectivity index (χ2v) is 8.32. The molecule has 1 aliphatic carbocycles. The number of morpholine rings is 1. The third kappa shape index (κ3) is 3.80. The van der Waals surface area contributed by atoms with Gasteiger partial charge in [-0.2, -0.15) is 0 Å². The zero-order chi connectivity index (χ0) is 19.6. The van der Waals surface area contributed by atoms with Crippen molar-refractivity contribution in [2.24, 2.45) is 5.92 Å². The van der Waals surface area contributed by atoms with E-state index >= 15 is 0 Å². The highest BCUT2D eigenvalue weighted by Gasteiger charge is 2.53. The second kappa shape index (κ2) is 8.21. The Bertz CT molecular complexity index is 694. The monoisotopic (exact) mass is 386 g/mol. The molecule has 0 aromatic heterocycles. The lowest BCUT2D eigenvalue weighted by molar-refractivity contribution is -0.163. The Hall–Kier alpha value is -1.92. The maximum atomic E-state index is 13.4. The maximum absolute atomic E-state index is 13.4. The van der Waals surface area contributed by atoms with E-state index in [-0.39, 0.29) is 11.8 Å². The standard InChI is InChI=1S/C22H30N2O4/c1-17-7-9-22(10-8-17)24(20(25)15-18-5-3-2-4-6-18)19(16-28-22)21(26)23-11-13-27-14-12-23/h2-6,17,19H,7-16H2,1H3. The molecule has 6 heteroatoms. The van der Waals surface area contributed by atoms with Gasteiger partial charge in [-0.25, -0.2) is 0 Å². The summed E-state index contributed by atoms with van der Waals surface area (Å²) in [5.74, 6) is 0.624. The summed E-state index contributed by atoms with van der Waals surface area (Å²) in [5.41, 5.74) is 0.349. The van der Waals surface area contributed by atoms with Gasteiger partial charge in [0.15, 0.2) is 0 Å². The van der Waals surface area contributed by atoms with Crippen LogP contribution in [0, 0.1) is 5.92 Å². The summed E-state index contributed by atoms with van der Waals surface area (Å²) in [4.78, 5) is 30.3. The van der Waals surface area contributed by atoms with Crippen molar-refractivity contribution in [2.75, 3.05) is 32.9 Å². The zero-order valence-corrected chi connectivity index (χ0v) is 16.6. The molecule has 28 heavy (non-hydrogen) atoms. The fourth-order valence-electron chi connectivity index (χ4n) is 4.69. The number of rotatable bonds is 3. The van der Waals surface area contributed by atoms with Gasteiger partial charge in [-0.1, -0.05) is 37.3 Å². The molecule has 1 aromatic carbocycles. The first-order valence-electron chi connectivity index (χ1n) is 10.5. The van der Waals surface area contributed by atoms with Crippen LogP contribution in [0.2, 0.25) is 0 Å². The fourth-order valence-corrected chi connectivity index (χ4v) is 4.69.